The second-order valence-electron chi connectivity index (χ2n) is 5.94. The van der Waals surface area contributed by atoms with Crippen LogP contribution in [0.25, 0.3) is 0 Å². The number of likely N-dealkylation sites (tertiary alicyclic amines) is 1. The first-order valence-corrected chi connectivity index (χ1v) is 8.50. The van der Waals surface area contributed by atoms with Crippen molar-refractivity contribution in [1.29, 1.82) is 0 Å². The average Bonchev–Trinajstić information content (AvgIpc) is 3.18. The second kappa shape index (κ2) is 5.30. The quantitative estimate of drug-likeness (QED) is 0.944. The van der Waals surface area contributed by atoms with Gasteiger partial charge in [-0.25, -0.2) is 4.98 Å². The van der Waals surface area contributed by atoms with Gasteiger partial charge in [0.15, 0.2) is 0 Å². The lowest BCUT2D eigenvalue weighted by Gasteiger charge is -2.30. The maximum absolute atomic E-state index is 4.52. The molecule has 2 aromatic rings. The topological polar surface area (TPSA) is 44.8 Å². The summed E-state index contributed by atoms with van der Waals surface area (Å²) in [7, 11) is 0. The monoisotopic (exact) mass is 288 g/mol. The standard InChI is InChI=1S/C15H20N4S/c1-2-12-13(3-1)17-18-14(12)8-19-6-4-11(5-7-19)15-9-20-10-16-15/h9-11H,1-8H2,(H,17,18). The number of nitrogens with one attached hydrogen (secondary N) is 1. The molecule has 0 spiro atoms. The maximum atomic E-state index is 4.52. The zero-order valence-corrected chi connectivity index (χ0v) is 12.5. The third kappa shape index (κ3) is 2.29. The Hall–Kier alpha value is -1.20. The Labute approximate surface area is 123 Å². The molecule has 0 radical (unpaired) electrons. The van der Waals surface area contributed by atoms with E-state index in [2.05, 4.69) is 25.5 Å². The fourth-order valence-electron chi connectivity index (χ4n) is 3.54. The van der Waals surface area contributed by atoms with Gasteiger partial charge in [-0.15, -0.1) is 11.3 Å². The molecule has 106 valence electrons. The maximum Gasteiger partial charge on any atom is 0.0797 e. The van der Waals surface area contributed by atoms with E-state index in [1.54, 1.807) is 11.3 Å². The number of hydrogen-bond acceptors (Lipinski definition) is 4. The van der Waals surface area contributed by atoms with Crippen LogP contribution in [0.3, 0.4) is 0 Å². The highest BCUT2D eigenvalue weighted by atomic mass is 32.1. The molecule has 2 aromatic heterocycles. The largest absolute Gasteiger partial charge is 0.297 e. The van der Waals surface area contributed by atoms with Gasteiger partial charge in [-0.2, -0.15) is 5.10 Å². The number of rotatable bonds is 3. The Morgan fingerprint density at radius 1 is 1.30 bits per heavy atom. The number of thiazole rings is 1. The minimum Gasteiger partial charge on any atom is -0.297 e. The Bertz CT molecular complexity index is 567. The third-order valence-corrected chi connectivity index (χ3v) is 5.33. The van der Waals surface area contributed by atoms with Crippen molar-refractivity contribution >= 4 is 11.3 Å². The van der Waals surface area contributed by atoms with Gasteiger partial charge in [-0.3, -0.25) is 10.00 Å². The minimum atomic E-state index is 0.669. The molecule has 0 unspecified atom stereocenters. The van der Waals surface area contributed by atoms with Gasteiger partial charge in [-0.1, -0.05) is 0 Å². The first-order chi connectivity index (χ1) is 9.90. The first-order valence-electron chi connectivity index (χ1n) is 7.55. The molecule has 1 saturated heterocycles. The first kappa shape index (κ1) is 12.5. The number of aromatic nitrogens is 3. The van der Waals surface area contributed by atoms with Gasteiger partial charge in [0.1, 0.15) is 0 Å². The van der Waals surface area contributed by atoms with Crippen molar-refractivity contribution in [2.24, 2.45) is 0 Å². The zero-order chi connectivity index (χ0) is 13.4. The lowest BCUT2D eigenvalue weighted by atomic mass is 9.94. The molecular weight excluding hydrogens is 268 g/mol. The second-order valence-corrected chi connectivity index (χ2v) is 6.66. The van der Waals surface area contributed by atoms with E-state index in [9.17, 15) is 0 Å². The minimum absolute atomic E-state index is 0.669. The van der Waals surface area contributed by atoms with Crippen molar-refractivity contribution in [3.8, 4) is 0 Å². The number of piperidine rings is 1. The normalized spacial score (nSPS) is 20.4. The molecule has 0 atom stereocenters. The summed E-state index contributed by atoms with van der Waals surface area (Å²) in [4.78, 5) is 7.02. The Morgan fingerprint density at radius 3 is 3.00 bits per heavy atom. The number of aryl methyl sites for hydroxylation is 1. The fourth-order valence-corrected chi connectivity index (χ4v) is 4.18. The van der Waals surface area contributed by atoms with Gasteiger partial charge in [0, 0.05) is 23.5 Å². The van der Waals surface area contributed by atoms with Crippen LogP contribution in [0, 0.1) is 0 Å². The van der Waals surface area contributed by atoms with Crippen LogP contribution in [0.4, 0.5) is 0 Å². The van der Waals surface area contributed by atoms with Crippen molar-refractivity contribution in [3.05, 3.63) is 33.5 Å². The smallest absolute Gasteiger partial charge is 0.0797 e. The molecule has 1 N–H and O–H groups in total. The molecule has 0 aromatic carbocycles. The Balaban J connectivity index is 1.37. The molecule has 1 aliphatic carbocycles. The van der Waals surface area contributed by atoms with Crippen molar-refractivity contribution in [1.82, 2.24) is 20.1 Å². The van der Waals surface area contributed by atoms with Crippen LogP contribution < -0.4 is 0 Å². The summed E-state index contributed by atoms with van der Waals surface area (Å²) >= 11 is 1.71. The van der Waals surface area contributed by atoms with Gasteiger partial charge >= 0.3 is 0 Å². The van der Waals surface area contributed by atoms with Crippen LogP contribution >= 0.6 is 11.3 Å². The molecule has 4 nitrogen and oxygen atoms in total. The average molecular weight is 288 g/mol. The van der Waals surface area contributed by atoms with Crippen LogP contribution in [0.5, 0.6) is 0 Å². The fraction of sp³-hybridized carbons (Fsp3) is 0.600. The third-order valence-electron chi connectivity index (χ3n) is 4.72. The van der Waals surface area contributed by atoms with Crippen LogP contribution in [0.15, 0.2) is 10.9 Å². The molecule has 4 rings (SSSR count). The van der Waals surface area contributed by atoms with E-state index in [4.69, 9.17) is 0 Å². The summed E-state index contributed by atoms with van der Waals surface area (Å²) in [6, 6.07) is 0. The van der Waals surface area contributed by atoms with Gasteiger partial charge < -0.3 is 0 Å². The van der Waals surface area contributed by atoms with Crippen LogP contribution in [-0.2, 0) is 19.4 Å². The summed E-state index contributed by atoms with van der Waals surface area (Å²) in [6.45, 7) is 3.36. The summed E-state index contributed by atoms with van der Waals surface area (Å²) in [6.07, 6.45) is 6.17. The highest BCUT2D eigenvalue weighted by molar-refractivity contribution is 7.07. The predicted molar refractivity (Wildman–Crippen MR) is 80.0 cm³/mol. The predicted octanol–water partition coefficient (Wildman–Crippen LogP) is 2.73. The molecule has 0 bridgehead atoms. The van der Waals surface area contributed by atoms with Crippen molar-refractivity contribution in [2.45, 2.75) is 44.6 Å². The van der Waals surface area contributed by atoms with E-state index in [-0.39, 0.29) is 0 Å². The van der Waals surface area contributed by atoms with Gasteiger partial charge in [-0.05, 0) is 50.8 Å². The zero-order valence-electron chi connectivity index (χ0n) is 11.6. The molecule has 3 heterocycles. The van der Waals surface area contributed by atoms with E-state index in [0.29, 0.717) is 5.92 Å². The van der Waals surface area contributed by atoms with E-state index in [0.717, 1.165) is 6.54 Å². The highest BCUT2D eigenvalue weighted by Crippen LogP contribution is 2.29. The Kier molecular flexibility index (Phi) is 3.32. The molecule has 20 heavy (non-hydrogen) atoms. The number of aromatic amines is 1. The summed E-state index contributed by atoms with van der Waals surface area (Å²) in [5, 5.41) is 9.95. The summed E-state index contributed by atoms with van der Waals surface area (Å²) in [5.74, 6) is 0.669. The van der Waals surface area contributed by atoms with Crippen LogP contribution in [0.2, 0.25) is 0 Å². The molecule has 0 saturated carbocycles. The SMILES string of the molecule is c1nc(C2CCN(Cc3n[nH]c4c3CCC4)CC2)cs1. The number of hydrogen-bond donors (Lipinski definition) is 1. The van der Waals surface area contributed by atoms with E-state index in [1.807, 2.05) is 5.51 Å². The van der Waals surface area contributed by atoms with Crippen molar-refractivity contribution in [3.63, 3.8) is 0 Å². The van der Waals surface area contributed by atoms with Gasteiger partial charge in [0.05, 0.1) is 16.9 Å². The number of nitrogens with zero attached hydrogens (tertiary/aromatic N) is 3. The molecule has 1 aliphatic heterocycles. The van der Waals surface area contributed by atoms with Crippen LogP contribution in [-0.4, -0.2) is 33.2 Å². The summed E-state index contributed by atoms with van der Waals surface area (Å²) < 4.78 is 0. The molecule has 5 heteroatoms. The molecule has 2 aliphatic rings. The molecular formula is C15H20N4S. The number of H-pyrrole nitrogens is 1. The lowest BCUT2D eigenvalue weighted by molar-refractivity contribution is 0.201. The Morgan fingerprint density at radius 2 is 2.20 bits per heavy atom. The van der Waals surface area contributed by atoms with Gasteiger partial charge in [0.25, 0.3) is 0 Å². The number of fused-ring (bicyclic) bond motifs is 1. The van der Waals surface area contributed by atoms with Crippen molar-refractivity contribution in [2.75, 3.05) is 13.1 Å². The van der Waals surface area contributed by atoms with E-state index in [1.165, 1.54) is 67.8 Å². The molecule has 1 fully saturated rings. The summed E-state index contributed by atoms with van der Waals surface area (Å²) in [5.41, 5.74) is 7.44. The highest BCUT2D eigenvalue weighted by Gasteiger charge is 2.24. The van der Waals surface area contributed by atoms with Gasteiger partial charge in [0.2, 0.25) is 0 Å². The van der Waals surface area contributed by atoms with E-state index < -0.39 is 0 Å². The van der Waals surface area contributed by atoms with Crippen molar-refractivity contribution < 1.29 is 0 Å². The van der Waals surface area contributed by atoms with E-state index >= 15 is 0 Å². The lowest BCUT2D eigenvalue weighted by Crippen LogP contribution is -2.32. The van der Waals surface area contributed by atoms with Crippen LogP contribution in [0.1, 0.15) is 47.8 Å². The molecule has 0 amide bonds.